The van der Waals surface area contributed by atoms with E-state index in [9.17, 15) is 13.2 Å². The van der Waals surface area contributed by atoms with Gasteiger partial charge in [0.05, 0.1) is 10.6 Å². The highest BCUT2D eigenvalue weighted by atomic mass is 35.5. The van der Waals surface area contributed by atoms with Gasteiger partial charge < -0.3 is 10.6 Å². The Hall–Kier alpha value is -1.15. The van der Waals surface area contributed by atoms with Crippen LogP contribution in [0, 0.1) is 0 Å². The number of sulfonamides is 1. The fourth-order valence-electron chi connectivity index (χ4n) is 2.91. The molecular weight excluding hydrogens is 350 g/mol. The maximum absolute atomic E-state index is 12.7. The van der Waals surface area contributed by atoms with Gasteiger partial charge in [0.1, 0.15) is 4.90 Å². The first-order valence-corrected chi connectivity index (χ1v) is 9.85. The van der Waals surface area contributed by atoms with E-state index >= 15 is 0 Å². The minimum absolute atomic E-state index is 0.0982. The van der Waals surface area contributed by atoms with Crippen molar-refractivity contribution in [1.82, 2.24) is 9.21 Å². The Balaban J connectivity index is 2.08. The molecule has 1 unspecified atom stereocenters. The first-order valence-electron chi connectivity index (χ1n) is 8.03. The standard InChI is InChI=1S/C16H24ClN3O3S/c1-3-8-16(2,18)15(21)19-9-11-20(12-10-19)24(22,23)14-7-5-4-6-13(14)17/h4-7H,3,8-12,18H2,1-2H3. The Morgan fingerprint density at radius 1 is 1.25 bits per heavy atom. The molecule has 1 fully saturated rings. The summed E-state index contributed by atoms with van der Waals surface area (Å²) in [5.74, 6) is -0.126. The SMILES string of the molecule is CCCC(C)(N)C(=O)N1CCN(S(=O)(=O)c2ccccc2Cl)CC1. The number of nitrogens with zero attached hydrogens (tertiary/aromatic N) is 2. The molecule has 0 aliphatic carbocycles. The summed E-state index contributed by atoms with van der Waals surface area (Å²) < 4.78 is 26.8. The molecule has 1 atom stereocenters. The van der Waals surface area contributed by atoms with Gasteiger partial charge in [-0.3, -0.25) is 4.79 Å². The second-order valence-corrected chi connectivity index (χ2v) is 8.61. The largest absolute Gasteiger partial charge is 0.338 e. The molecule has 0 aromatic heterocycles. The van der Waals surface area contributed by atoms with Crippen molar-refractivity contribution in [3.8, 4) is 0 Å². The zero-order valence-corrected chi connectivity index (χ0v) is 15.6. The Labute approximate surface area is 148 Å². The lowest BCUT2D eigenvalue weighted by Crippen LogP contribution is -2.58. The van der Waals surface area contributed by atoms with Crippen molar-refractivity contribution in [1.29, 1.82) is 0 Å². The molecule has 0 bridgehead atoms. The van der Waals surface area contributed by atoms with Crippen LogP contribution in [0.3, 0.4) is 0 Å². The van der Waals surface area contributed by atoms with Gasteiger partial charge in [-0.25, -0.2) is 8.42 Å². The van der Waals surface area contributed by atoms with E-state index in [0.29, 0.717) is 19.5 Å². The van der Waals surface area contributed by atoms with Gasteiger partial charge in [-0.2, -0.15) is 4.31 Å². The van der Waals surface area contributed by atoms with Crippen LogP contribution in [0.4, 0.5) is 0 Å². The molecule has 8 heteroatoms. The smallest absolute Gasteiger partial charge is 0.244 e. The van der Waals surface area contributed by atoms with E-state index in [2.05, 4.69) is 0 Å². The molecule has 1 amide bonds. The predicted octanol–water partition coefficient (Wildman–Crippen LogP) is 1.69. The number of carbonyl (C=O) groups excluding carboxylic acids is 1. The van der Waals surface area contributed by atoms with Crippen LogP contribution in [0.25, 0.3) is 0 Å². The number of hydrogen-bond donors (Lipinski definition) is 1. The van der Waals surface area contributed by atoms with Crippen molar-refractivity contribution in [2.45, 2.75) is 37.1 Å². The van der Waals surface area contributed by atoms with Crippen molar-refractivity contribution < 1.29 is 13.2 Å². The summed E-state index contributed by atoms with van der Waals surface area (Å²) in [4.78, 5) is 14.2. The van der Waals surface area contributed by atoms with Gasteiger partial charge in [0.2, 0.25) is 15.9 Å². The molecule has 6 nitrogen and oxygen atoms in total. The van der Waals surface area contributed by atoms with E-state index in [0.717, 1.165) is 6.42 Å². The maximum atomic E-state index is 12.7. The molecule has 2 rings (SSSR count). The Bertz CT molecular complexity index is 698. The van der Waals surface area contributed by atoms with Crippen LogP contribution < -0.4 is 5.73 Å². The summed E-state index contributed by atoms with van der Waals surface area (Å²) in [5.41, 5.74) is 5.19. The van der Waals surface area contributed by atoms with Crippen LogP contribution in [0.15, 0.2) is 29.2 Å². The molecule has 1 aliphatic heterocycles. The van der Waals surface area contributed by atoms with Crippen LogP contribution in [-0.4, -0.2) is 55.2 Å². The van der Waals surface area contributed by atoms with Crippen molar-refractivity contribution in [2.24, 2.45) is 5.73 Å². The molecular formula is C16H24ClN3O3S. The summed E-state index contributed by atoms with van der Waals surface area (Å²) in [6, 6.07) is 6.38. The van der Waals surface area contributed by atoms with Crippen molar-refractivity contribution in [3.05, 3.63) is 29.3 Å². The fraction of sp³-hybridized carbons (Fsp3) is 0.562. The number of piperazine rings is 1. The average Bonchev–Trinajstić information content (AvgIpc) is 2.54. The number of hydrogen-bond acceptors (Lipinski definition) is 4. The van der Waals surface area contributed by atoms with Crippen LogP contribution in [0.2, 0.25) is 5.02 Å². The van der Waals surface area contributed by atoms with Crippen LogP contribution in [0.5, 0.6) is 0 Å². The van der Waals surface area contributed by atoms with Gasteiger partial charge in [0, 0.05) is 26.2 Å². The number of nitrogens with two attached hydrogens (primary N) is 1. The quantitative estimate of drug-likeness (QED) is 0.851. The van der Waals surface area contributed by atoms with Gasteiger partial charge >= 0.3 is 0 Å². The van der Waals surface area contributed by atoms with Gasteiger partial charge in [0.15, 0.2) is 0 Å². The van der Waals surface area contributed by atoms with E-state index in [4.69, 9.17) is 17.3 Å². The Morgan fingerprint density at radius 3 is 2.38 bits per heavy atom. The summed E-state index contributed by atoms with van der Waals surface area (Å²) >= 11 is 6.01. The second kappa shape index (κ2) is 7.39. The van der Waals surface area contributed by atoms with Crippen molar-refractivity contribution >= 4 is 27.5 Å². The predicted molar refractivity (Wildman–Crippen MR) is 94.3 cm³/mol. The van der Waals surface area contributed by atoms with Crippen LogP contribution in [0.1, 0.15) is 26.7 Å². The number of amides is 1. The number of halogens is 1. The van der Waals surface area contributed by atoms with E-state index in [1.165, 1.54) is 10.4 Å². The highest BCUT2D eigenvalue weighted by Crippen LogP contribution is 2.25. The monoisotopic (exact) mass is 373 g/mol. The summed E-state index contributed by atoms with van der Waals surface area (Å²) in [5, 5.41) is 0.202. The minimum Gasteiger partial charge on any atom is -0.338 e. The summed E-state index contributed by atoms with van der Waals surface area (Å²) in [6.45, 7) is 4.85. The Morgan fingerprint density at radius 2 is 1.83 bits per heavy atom. The third-order valence-electron chi connectivity index (χ3n) is 4.24. The minimum atomic E-state index is -3.66. The van der Waals surface area contributed by atoms with Crippen LogP contribution >= 0.6 is 11.6 Å². The zero-order chi connectivity index (χ0) is 18.0. The third kappa shape index (κ3) is 3.91. The molecule has 24 heavy (non-hydrogen) atoms. The molecule has 1 aromatic carbocycles. The molecule has 1 saturated heterocycles. The van der Waals surface area contributed by atoms with E-state index in [1.807, 2.05) is 6.92 Å². The molecule has 1 heterocycles. The van der Waals surface area contributed by atoms with Crippen molar-refractivity contribution in [2.75, 3.05) is 26.2 Å². The average molecular weight is 374 g/mol. The lowest BCUT2D eigenvalue weighted by Gasteiger charge is -2.38. The third-order valence-corrected chi connectivity index (χ3v) is 6.64. The molecule has 1 aromatic rings. The first kappa shape index (κ1) is 19.2. The van der Waals surface area contributed by atoms with E-state index < -0.39 is 15.6 Å². The first-order chi connectivity index (χ1) is 11.2. The number of carbonyl (C=O) groups is 1. The molecule has 2 N–H and O–H groups in total. The molecule has 1 aliphatic rings. The van der Waals surface area contributed by atoms with Gasteiger partial charge in [0.25, 0.3) is 0 Å². The topological polar surface area (TPSA) is 83.7 Å². The molecule has 0 radical (unpaired) electrons. The van der Waals surface area contributed by atoms with Gasteiger partial charge in [-0.15, -0.1) is 0 Å². The second-order valence-electron chi connectivity index (χ2n) is 6.29. The van der Waals surface area contributed by atoms with Gasteiger partial charge in [-0.1, -0.05) is 37.1 Å². The van der Waals surface area contributed by atoms with Gasteiger partial charge in [-0.05, 0) is 25.5 Å². The van der Waals surface area contributed by atoms with E-state index in [1.54, 1.807) is 30.0 Å². The van der Waals surface area contributed by atoms with Crippen molar-refractivity contribution in [3.63, 3.8) is 0 Å². The summed E-state index contributed by atoms with van der Waals surface area (Å²) in [6.07, 6.45) is 1.42. The molecule has 134 valence electrons. The van der Waals surface area contributed by atoms with Crippen LogP contribution in [-0.2, 0) is 14.8 Å². The zero-order valence-electron chi connectivity index (χ0n) is 14.0. The normalized spacial score (nSPS) is 19.1. The highest BCUT2D eigenvalue weighted by molar-refractivity contribution is 7.89. The summed E-state index contributed by atoms with van der Waals surface area (Å²) in [7, 11) is -3.66. The lowest BCUT2D eigenvalue weighted by molar-refractivity contribution is -0.137. The van der Waals surface area contributed by atoms with E-state index in [-0.39, 0.29) is 28.9 Å². The highest BCUT2D eigenvalue weighted by Gasteiger charge is 2.36. The maximum Gasteiger partial charge on any atom is 0.244 e. The Kier molecular flexibility index (Phi) is 5.91. The fourth-order valence-corrected chi connectivity index (χ4v) is 4.83. The lowest BCUT2D eigenvalue weighted by atomic mass is 9.95. The number of benzene rings is 1. The molecule has 0 spiro atoms. The molecule has 0 saturated carbocycles. The number of rotatable bonds is 5.